The van der Waals surface area contributed by atoms with Crippen molar-refractivity contribution in [2.45, 2.75) is 26.2 Å². The summed E-state index contributed by atoms with van der Waals surface area (Å²) in [5, 5.41) is 1.29. The fourth-order valence-electron chi connectivity index (χ4n) is 8.45. The molecule has 0 amide bonds. The lowest BCUT2D eigenvalue weighted by atomic mass is 9.82. The van der Waals surface area contributed by atoms with Gasteiger partial charge in [0.15, 0.2) is 0 Å². The maximum atomic E-state index is 2.42. The van der Waals surface area contributed by atoms with Gasteiger partial charge >= 0.3 is 0 Å². The number of rotatable bonds is 6. The van der Waals surface area contributed by atoms with Gasteiger partial charge in [-0.3, -0.25) is 0 Å². The quantitative estimate of drug-likeness (QED) is 0.168. The predicted molar refractivity (Wildman–Crippen MR) is 227 cm³/mol. The first-order valence-electron chi connectivity index (χ1n) is 18.3. The number of para-hydroxylation sites is 1. The van der Waals surface area contributed by atoms with E-state index in [1.54, 1.807) is 0 Å². The van der Waals surface area contributed by atoms with Gasteiger partial charge in [-0.1, -0.05) is 123 Å². The molecule has 0 saturated carbocycles. The summed E-state index contributed by atoms with van der Waals surface area (Å²) in [6.45, 7) is 6.91. The van der Waals surface area contributed by atoms with Crippen LogP contribution in [0, 0.1) is 6.92 Å². The minimum atomic E-state index is -0.0656. The molecular weight excluding hydrogens is 661 g/mol. The summed E-state index contributed by atoms with van der Waals surface area (Å²) >= 11 is 1.88. The number of nitrogens with zero attached hydrogens (tertiary/aromatic N) is 2. The number of hydrogen-bond acceptors (Lipinski definition) is 2. The van der Waals surface area contributed by atoms with Crippen molar-refractivity contribution < 1.29 is 0 Å². The van der Waals surface area contributed by atoms with Crippen LogP contribution >= 0.6 is 11.3 Å². The zero-order valence-corrected chi connectivity index (χ0v) is 30.9. The largest absolute Gasteiger partial charge is 0.310 e. The molecule has 1 aliphatic rings. The molecule has 2 heterocycles. The van der Waals surface area contributed by atoms with Crippen LogP contribution in [-0.4, -0.2) is 4.57 Å². The molecule has 0 N–H and O–H groups in total. The number of aromatic nitrogens is 1. The van der Waals surface area contributed by atoms with E-state index in [1.807, 2.05) is 11.3 Å². The van der Waals surface area contributed by atoms with Crippen LogP contribution in [0.2, 0.25) is 0 Å². The molecule has 0 saturated heterocycles. The van der Waals surface area contributed by atoms with E-state index >= 15 is 0 Å². The second-order valence-electron chi connectivity index (χ2n) is 14.7. The lowest BCUT2D eigenvalue weighted by molar-refractivity contribution is 0.660. The molecule has 3 heteroatoms. The number of hydrogen-bond donors (Lipinski definition) is 0. The lowest BCUT2D eigenvalue weighted by Crippen LogP contribution is -2.16. The van der Waals surface area contributed by atoms with E-state index in [2.05, 4.69) is 206 Å². The summed E-state index contributed by atoms with van der Waals surface area (Å²) in [5.41, 5.74) is 17.4. The van der Waals surface area contributed by atoms with Gasteiger partial charge in [0.1, 0.15) is 0 Å². The van der Waals surface area contributed by atoms with Crippen LogP contribution in [0.15, 0.2) is 176 Å². The van der Waals surface area contributed by atoms with Crippen molar-refractivity contribution in [3.05, 3.63) is 192 Å². The number of aryl methyl sites for hydroxylation is 1. The van der Waals surface area contributed by atoms with Crippen LogP contribution in [0.3, 0.4) is 0 Å². The Balaban J connectivity index is 1.03. The van der Waals surface area contributed by atoms with Crippen molar-refractivity contribution in [1.82, 2.24) is 4.57 Å². The summed E-state index contributed by atoms with van der Waals surface area (Å²) in [7, 11) is 0. The minimum absolute atomic E-state index is 0.0656. The fraction of sp³-hybridized carbons (Fsp3) is 0.0800. The highest BCUT2D eigenvalue weighted by Gasteiger charge is 2.35. The Labute approximate surface area is 314 Å². The molecule has 254 valence electrons. The van der Waals surface area contributed by atoms with Gasteiger partial charge in [0, 0.05) is 38.4 Å². The van der Waals surface area contributed by atoms with Crippen molar-refractivity contribution in [3.63, 3.8) is 0 Å². The molecule has 0 aliphatic heterocycles. The molecule has 0 atom stereocenters. The van der Waals surface area contributed by atoms with E-state index in [0.717, 1.165) is 11.4 Å². The fourth-order valence-corrected chi connectivity index (χ4v) is 9.47. The van der Waals surface area contributed by atoms with Crippen molar-refractivity contribution in [1.29, 1.82) is 0 Å². The Morgan fingerprint density at radius 2 is 1.06 bits per heavy atom. The zero-order valence-electron chi connectivity index (χ0n) is 30.0. The van der Waals surface area contributed by atoms with Crippen molar-refractivity contribution in [2.24, 2.45) is 0 Å². The van der Waals surface area contributed by atoms with E-state index in [4.69, 9.17) is 0 Å². The second-order valence-corrected chi connectivity index (χ2v) is 15.9. The Bertz CT molecular complexity index is 2790. The average molecular weight is 699 g/mol. The Morgan fingerprint density at radius 3 is 1.83 bits per heavy atom. The summed E-state index contributed by atoms with van der Waals surface area (Å²) in [5.74, 6) is 0. The van der Waals surface area contributed by atoms with E-state index < -0.39 is 0 Å². The third-order valence-electron chi connectivity index (χ3n) is 11.1. The van der Waals surface area contributed by atoms with Crippen LogP contribution in [-0.2, 0) is 5.41 Å². The molecule has 0 radical (unpaired) electrons. The van der Waals surface area contributed by atoms with E-state index in [1.165, 1.54) is 81.9 Å². The van der Waals surface area contributed by atoms with Gasteiger partial charge in [0.05, 0.1) is 15.7 Å². The highest BCUT2D eigenvalue weighted by molar-refractivity contribution is 7.20. The van der Waals surface area contributed by atoms with Gasteiger partial charge < -0.3 is 9.47 Å². The number of thiophene rings is 1. The third-order valence-corrected chi connectivity index (χ3v) is 12.2. The van der Waals surface area contributed by atoms with Gasteiger partial charge in [0.25, 0.3) is 0 Å². The van der Waals surface area contributed by atoms with Gasteiger partial charge in [0.2, 0.25) is 0 Å². The van der Waals surface area contributed by atoms with Gasteiger partial charge in [-0.2, -0.15) is 0 Å². The molecule has 1 aliphatic carbocycles. The number of anilines is 3. The topological polar surface area (TPSA) is 8.17 Å². The Morgan fingerprint density at radius 1 is 0.472 bits per heavy atom. The highest BCUT2D eigenvalue weighted by atomic mass is 32.1. The third kappa shape index (κ3) is 5.15. The molecular formula is C50H38N2S. The molecule has 0 unspecified atom stereocenters. The lowest BCUT2D eigenvalue weighted by Gasteiger charge is -2.28. The van der Waals surface area contributed by atoms with Gasteiger partial charge in [-0.15, -0.1) is 11.3 Å². The molecule has 0 spiro atoms. The minimum Gasteiger partial charge on any atom is -0.310 e. The van der Waals surface area contributed by atoms with Crippen LogP contribution in [0.4, 0.5) is 17.1 Å². The molecule has 9 aromatic rings. The van der Waals surface area contributed by atoms with Crippen molar-refractivity contribution in [3.8, 4) is 39.1 Å². The summed E-state index contributed by atoms with van der Waals surface area (Å²) in [4.78, 5) is 3.70. The predicted octanol–water partition coefficient (Wildman–Crippen LogP) is 14.3. The highest BCUT2D eigenvalue weighted by Crippen LogP contribution is 2.50. The number of fused-ring (bicyclic) bond motifs is 6. The molecule has 53 heavy (non-hydrogen) atoms. The monoisotopic (exact) mass is 698 g/mol. The van der Waals surface area contributed by atoms with Crippen LogP contribution in [0.5, 0.6) is 0 Å². The summed E-state index contributed by atoms with van der Waals surface area (Å²) < 4.78 is 3.75. The Kier molecular flexibility index (Phi) is 7.28. The molecule has 2 nitrogen and oxygen atoms in total. The van der Waals surface area contributed by atoms with Crippen LogP contribution < -0.4 is 4.90 Å². The van der Waals surface area contributed by atoms with E-state index in [0.29, 0.717) is 0 Å². The van der Waals surface area contributed by atoms with Crippen molar-refractivity contribution in [2.75, 3.05) is 4.90 Å². The van der Waals surface area contributed by atoms with Gasteiger partial charge in [-0.25, -0.2) is 0 Å². The SMILES string of the molecule is Cc1cc2c(s1)c1cc(-c3ccc(N(c4ccccc4)c4ccc5c(c4)C(C)(C)c4ccccc4-5)cc3)ccc1n2-c1ccc(-c2ccccc2)cc1. The first-order valence-corrected chi connectivity index (χ1v) is 19.2. The van der Waals surface area contributed by atoms with Gasteiger partial charge in [-0.05, 0) is 118 Å². The smallest absolute Gasteiger partial charge is 0.0651 e. The van der Waals surface area contributed by atoms with Crippen molar-refractivity contribution >= 4 is 49.5 Å². The van der Waals surface area contributed by atoms with E-state index in [-0.39, 0.29) is 5.41 Å². The molecule has 7 aromatic carbocycles. The van der Waals surface area contributed by atoms with Crippen LogP contribution in [0.25, 0.3) is 60.2 Å². The molecule has 0 bridgehead atoms. The molecule has 0 fully saturated rings. The number of benzene rings is 7. The zero-order chi connectivity index (χ0) is 35.7. The summed E-state index contributed by atoms with van der Waals surface area (Å²) in [6, 6.07) is 64.5. The maximum Gasteiger partial charge on any atom is 0.0651 e. The molecule has 2 aromatic heterocycles. The first kappa shape index (κ1) is 31.6. The maximum absolute atomic E-state index is 2.42. The first-order chi connectivity index (χ1) is 25.9. The summed E-state index contributed by atoms with van der Waals surface area (Å²) in [6.07, 6.45) is 0. The van der Waals surface area contributed by atoms with E-state index in [9.17, 15) is 0 Å². The second kappa shape index (κ2) is 12.2. The normalized spacial score (nSPS) is 13.0. The molecule has 10 rings (SSSR count). The average Bonchev–Trinajstić information content (AvgIpc) is 3.80. The van der Waals surface area contributed by atoms with Crippen LogP contribution in [0.1, 0.15) is 29.9 Å². The standard InChI is InChI=1S/C50H38N2S/c1-33-30-48-49(53-33)44-31-37(22-29-47(44)52(48)40-25-18-35(19-26-40)34-12-6-4-7-13-34)36-20-23-39(24-21-36)51(38-14-8-5-9-15-38)41-27-28-43-42-16-10-11-17-45(42)50(2,3)46(43)32-41/h4-32H,1-3H3. The Hall–Kier alpha value is -6.16.